The van der Waals surface area contributed by atoms with E-state index >= 15 is 0 Å². The highest BCUT2D eigenvalue weighted by atomic mass is 16.7. The number of nitrogens with one attached hydrogen (secondary N) is 1. The highest BCUT2D eigenvalue weighted by Crippen LogP contribution is 2.26. The third-order valence-corrected chi connectivity index (χ3v) is 5.70. The predicted octanol–water partition coefficient (Wildman–Crippen LogP) is 3.50. The number of carbonyl (C=O) groups excluding carboxylic acids is 2. The lowest BCUT2D eigenvalue weighted by atomic mass is 9.96. The van der Waals surface area contributed by atoms with E-state index in [2.05, 4.69) is 11.9 Å². The molecule has 200 valence electrons. The topological polar surface area (TPSA) is 113 Å². The maximum atomic E-state index is 12.7. The van der Waals surface area contributed by atoms with Crippen LogP contribution in [0.4, 0.5) is 4.79 Å². The first-order valence-electron chi connectivity index (χ1n) is 12.3. The van der Waals surface area contributed by atoms with Crippen LogP contribution in [-0.4, -0.2) is 61.0 Å². The minimum absolute atomic E-state index is 0.0194. The van der Waals surface area contributed by atoms with Crippen molar-refractivity contribution in [3.63, 3.8) is 0 Å². The Morgan fingerprint density at radius 3 is 2.32 bits per heavy atom. The molecule has 5 atom stereocenters. The lowest BCUT2D eigenvalue weighted by Crippen LogP contribution is -2.66. The second kappa shape index (κ2) is 15.1. The van der Waals surface area contributed by atoms with Crippen molar-refractivity contribution in [3.05, 3.63) is 84.4 Å². The van der Waals surface area contributed by atoms with Crippen molar-refractivity contribution in [1.29, 1.82) is 0 Å². The number of benzene rings is 2. The molecule has 3 rings (SSSR count). The largest absolute Gasteiger partial charge is 0.457 e. The summed E-state index contributed by atoms with van der Waals surface area (Å²) in [6, 6.07) is 17.7. The van der Waals surface area contributed by atoms with Gasteiger partial charge in [-0.1, -0.05) is 66.7 Å². The van der Waals surface area contributed by atoms with E-state index in [0.717, 1.165) is 17.5 Å². The van der Waals surface area contributed by atoms with Gasteiger partial charge < -0.3 is 34.1 Å². The van der Waals surface area contributed by atoms with Crippen LogP contribution in [-0.2, 0) is 41.7 Å². The number of aliphatic hydroxyl groups is 1. The summed E-state index contributed by atoms with van der Waals surface area (Å²) in [5.41, 5.74) is 1.77. The van der Waals surface area contributed by atoms with E-state index in [4.69, 9.17) is 23.7 Å². The van der Waals surface area contributed by atoms with Gasteiger partial charge in [0.25, 0.3) is 0 Å². The number of esters is 1. The zero-order valence-electron chi connectivity index (χ0n) is 21.0. The summed E-state index contributed by atoms with van der Waals surface area (Å²) in [6.45, 7) is 5.61. The normalized spacial score (nSPS) is 23.1. The molecule has 2 aromatic rings. The molecule has 0 aliphatic carbocycles. The van der Waals surface area contributed by atoms with Crippen LogP contribution in [0.25, 0.3) is 0 Å². The van der Waals surface area contributed by atoms with Gasteiger partial charge in [0.15, 0.2) is 12.4 Å². The van der Waals surface area contributed by atoms with Crippen molar-refractivity contribution < 1.29 is 38.4 Å². The molecule has 37 heavy (non-hydrogen) atoms. The van der Waals surface area contributed by atoms with Crippen LogP contribution in [0.2, 0.25) is 0 Å². The Hall–Kier alpha value is -3.24. The van der Waals surface area contributed by atoms with Gasteiger partial charge in [-0.2, -0.15) is 0 Å². The molecule has 1 aliphatic heterocycles. The number of carbonyl (C=O) groups is 2. The number of hydrogen-bond acceptors (Lipinski definition) is 8. The first-order chi connectivity index (χ1) is 18.0. The second-order valence-corrected chi connectivity index (χ2v) is 8.64. The number of ether oxygens (including phenoxy) is 5. The van der Waals surface area contributed by atoms with E-state index in [1.165, 1.54) is 6.92 Å². The number of rotatable bonds is 13. The fourth-order valence-corrected chi connectivity index (χ4v) is 3.88. The lowest BCUT2D eigenvalue weighted by molar-refractivity contribution is -0.275. The van der Waals surface area contributed by atoms with Crippen LogP contribution in [0, 0.1) is 0 Å². The molecule has 9 nitrogen and oxygen atoms in total. The summed E-state index contributed by atoms with van der Waals surface area (Å²) in [5.74, 6) is -0.621. The highest BCUT2D eigenvalue weighted by Gasteiger charge is 2.49. The highest BCUT2D eigenvalue weighted by molar-refractivity contribution is 5.68. The third kappa shape index (κ3) is 9.29. The first-order valence-corrected chi connectivity index (χ1v) is 12.3. The Labute approximate surface area is 217 Å². The fraction of sp³-hybridized carbons (Fsp3) is 0.429. The molecule has 0 saturated carbocycles. The van der Waals surface area contributed by atoms with Gasteiger partial charge in [-0.25, -0.2) is 4.79 Å². The molecule has 1 amide bonds. The molecular formula is C28H35NO8. The van der Waals surface area contributed by atoms with Gasteiger partial charge in [0, 0.05) is 6.92 Å². The minimum atomic E-state index is -1.29. The van der Waals surface area contributed by atoms with E-state index in [-0.39, 0.29) is 13.2 Å². The minimum Gasteiger partial charge on any atom is -0.457 e. The average molecular weight is 514 g/mol. The average Bonchev–Trinajstić information content (AvgIpc) is 2.90. The molecule has 1 saturated heterocycles. The van der Waals surface area contributed by atoms with Crippen LogP contribution in [0.3, 0.4) is 0 Å². The smallest absolute Gasteiger partial charge is 0.407 e. The van der Waals surface area contributed by atoms with Gasteiger partial charge in [-0.15, -0.1) is 6.58 Å². The number of amides is 1. The summed E-state index contributed by atoms with van der Waals surface area (Å²) in [6.07, 6.45) is -1.91. The number of unbranched alkanes of at least 4 members (excludes halogenated alkanes) is 1. The maximum Gasteiger partial charge on any atom is 0.407 e. The van der Waals surface area contributed by atoms with Crippen LogP contribution in [0.1, 0.15) is 30.9 Å². The first kappa shape index (κ1) is 28.3. The summed E-state index contributed by atoms with van der Waals surface area (Å²) in [4.78, 5) is 24.6. The van der Waals surface area contributed by atoms with Crippen LogP contribution in [0.15, 0.2) is 73.3 Å². The molecule has 0 aromatic heterocycles. The number of allylic oxidation sites excluding steroid dienone is 1. The van der Waals surface area contributed by atoms with Crippen molar-refractivity contribution in [3.8, 4) is 0 Å². The Balaban J connectivity index is 1.69. The number of aliphatic hydroxyl groups excluding tert-OH is 1. The molecule has 0 bridgehead atoms. The number of hydrogen-bond donors (Lipinski definition) is 2. The van der Waals surface area contributed by atoms with Crippen LogP contribution < -0.4 is 5.32 Å². The van der Waals surface area contributed by atoms with Crippen LogP contribution in [0.5, 0.6) is 0 Å². The molecule has 2 aromatic carbocycles. The lowest BCUT2D eigenvalue weighted by Gasteiger charge is -2.43. The van der Waals surface area contributed by atoms with E-state index in [0.29, 0.717) is 19.6 Å². The third-order valence-electron chi connectivity index (χ3n) is 5.70. The SMILES string of the molecule is C=CCCCOC1OC(COCc2ccccc2)C(O)C(OC(C)=O)C1NC(=O)OCc1ccccc1. The van der Waals surface area contributed by atoms with Gasteiger partial charge in [-0.05, 0) is 24.0 Å². The van der Waals surface area contributed by atoms with Gasteiger partial charge >= 0.3 is 12.1 Å². The van der Waals surface area contributed by atoms with E-state index in [9.17, 15) is 14.7 Å². The summed E-state index contributed by atoms with van der Waals surface area (Å²) < 4.78 is 28.5. The number of alkyl carbamates (subject to hydrolysis) is 1. The summed E-state index contributed by atoms with van der Waals surface area (Å²) in [5, 5.41) is 13.7. The van der Waals surface area contributed by atoms with Gasteiger partial charge in [-0.3, -0.25) is 4.79 Å². The molecule has 5 unspecified atom stereocenters. The Morgan fingerprint density at radius 2 is 1.70 bits per heavy atom. The van der Waals surface area contributed by atoms with E-state index < -0.39 is 42.7 Å². The van der Waals surface area contributed by atoms with E-state index in [1.807, 2.05) is 60.7 Å². The molecule has 1 heterocycles. The molecule has 1 fully saturated rings. The maximum absolute atomic E-state index is 12.7. The molecule has 9 heteroatoms. The van der Waals surface area contributed by atoms with Crippen molar-refractivity contribution in [2.75, 3.05) is 13.2 Å². The standard InChI is InChI=1S/C28H35NO8/c1-3-4-11-16-34-27-24(29-28(32)35-18-22-14-9-6-10-15-22)26(36-20(2)30)25(31)23(37-27)19-33-17-21-12-7-5-8-13-21/h3,5-10,12-15,23-27,31H,1,4,11,16-19H2,2H3,(H,29,32). The molecule has 1 aliphatic rings. The Morgan fingerprint density at radius 1 is 1.05 bits per heavy atom. The predicted molar refractivity (Wildman–Crippen MR) is 135 cm³/mol. The van der Waals surface area contributed by atoms with Crippen LogP contribution >= 0.6 is 0 Å². The fourth-order valence-electron chi connectivity index (χ4n) is 3.88. The monoisotopic (exact) mass is 513 g/mol. The molecule has 0 radical (unpaired) electrons. The zero-order chi connectivity index (χ0) is 26.5. The van der Waals surface area contributed by atoms with Gasteiger partial charge in [0.2, 0.25) is 0 Å². The van der Waals surface area contributed by atoms with E-state index in [1.54, 1.807) is 6.08 Å². The van der Waals surface area contributed by atoms with Gasteiger partial charge in [0.1, 0.15) is 24.9 Å². The van der Waals surface area contributed by atoms with Crippen molar-refractivity contribution in [2.45, 2.75) is 63.6 Å². The summed E-state index contributed by atoms with van der Waals surface area (Å²) >= 11 is 0. The van der Waals surface area contributed by atoms with Crippen molar-refractivity contribution >= 4 is 12.1 Å². The molecule has 0 spiro atoms. The molecule has 2 N–H and O–H groups in total. The second-order valence-electron chi connectivity index (χ2n) is 8.64. The quantitative estimate of drug-likeness (QED) is 0.238. The summed E-state index contributed by atoms with van der Waals surface area (Å²) in [7, 11) is 0. The molecular weight excluding hydrogens is 478 g/mol. The van der Waals surface area contributed by atoms with Crippen molar-refractivity contribution in [1.82, 2.24) is 5.32 Å². The Kier molecular flexibility index (Phi) is 11.6. The Bertz CT molecular complexity index is 971. The zero-order valence-corrected chi connectivity index (χ0v) is 21.0. The van der Waals surface area contributed by atoms with Crippen molar-refractivity contribution in [2.24, 2.45) is 0 Å². The van der Waals surface area contributed by atoms with Gasteiger partial charge in [0.05, 0.1) is 19.8 Å².